The number of hydrogen-bond acceptors (Lipinski definition) is 16. The minimum atomic E-state index is -0.327. The van der Waals surface area contributed by atoms with E-state index < -0.39 is 0 Å². The first-order valence-corrected chi connectivity index (χ1v) is 46.8. The minimum absolute atomic E-state index is 0. The summed E-state index contributed by atoms with van der Waals surface area (Å²) in [6.07, 6.45) is 10.9. The predicted molar refractivity (Wildman–Crippen MR) is 578 cm³/mol. The number of carbonyl (C=O) groups excluding carboxylic acids is 4. The Balaban J connectivity index is 0.000000268. The number of phenols is 2. The zero-order valence-electron chi connectivity index (χ0n) is 84.8. The average Bonchev–Trinajstić information content (AvgIpc) is 0.780. The van der Waals surface area contributed by atoms with Gasteiger partial charge < -0.3 is 35.5 Å². The smallest absolute Gasteiger partial charge is 0.169 e. The quantitative estimate of drug-likeness (QED) is 0.0180. The predicted octanol–water partition coefficient (Wildman–Crippen LogP) is 30.5. The summed E-state index contributed by atoms with van der Waals surface area (Å²) in [6, 6.07) is 120. The third-order valence-electron chi connectivity index (χ3n) is 22.4. The van der Waals surface area contributed by atoms with Crippen LogP contribution >= 0.6 is 0 Å². The molecule has 13 aromatic carbocycles. The van der Waals surface area contributed by atoms with Gasteiger partial charge in [0.2, 0.25) is 0 Å². The fraction of sp³-hybridized carbons (Fsp3) is 0.192. The van der Waals surface area contributed by atoms with E-state index >= 15 is 0 Å². The van der Waals surface area contributed by atoms with Gasteiger partial charge in [-0.2, -0.15) is 0 Å². The van der Waals surface area contributed by atoms with Gasteiger partial charge in [-0.05, 0) is 178 Å². The fourth-order valence-electron chi connectivity index (χ4n) is 15.3. The summed E-state index contributed by atoms with van der Waals surface area (Å²) in [6.45, 7) is 32.7. The van der Waals surface area contributed by atoms with Gasteiger partial charge >= 0.3 is 0 Å². The van der Waals surface area contributed by atoms with Crippen molar-refractivity contribution in [2.45, 2.75) is 159 Å². The molecule has 18 rings (SSSR count). The number of ketones is 4. The van der Waals surface area contributed by atoms with Gasteiger partial charge in [0.05, 0.1) is 50.7 Å². The number of phenolic OH excluding ortho intramolecular Hbond substituents is 2. The van der Waals surface area contributed by atoms with E-state index in [4.69, 9.17) is 40.3 Å². The largest absolute Gasteiger partial charge is 0.512 e. The van der Waals surface area contributed by atoms with E-state index in [9.17, 15) is 29.4 Å². The summed E-state index contributed by atoms with van der Waals surface area (Å²) in [5, 5.41) is 54.2. The molecule has 0 aliphatic heterocycles. The maximum Gasteiger partial charge on any atom is 0.169 e. The molecule has 21 heteroatoms. The number of nitrogens with zero attached hydrogens (tertiary/aromatic N) is 7. The van der Waals surface area contributed by atoms with Crippen LogP contribution in [0, 0.1) is 24.3 Å². The van der Waals surface area contributed by atoms with Crippen molar-refractivity contribution in [2.24, 2.45) is 9.98 Å². The number of aliphatic hydroxyl groups excluding tert-OH is 3. The van der Waals surface area contributed by atoms with Gasteiger partial charge in [-0.15, -0.1) is 143 Å². The number of fused-ring (bicyclic) bond motifs is 5. The summed E-state index contributed by atoms with van der Waals surface area (Å²) in [4.78, 5) is 74.7. The molecule has 0 atom stereocenters. The third kappa shape index (κ3) is 35.4. The number of benzene rings is 13. The summed E-state index contributed by atoms with van der Waals surface area (Å²) in [5.41, 5.74) is 21.3. The molecule has 16 nitrogen and oxygen atoms in total. The molecule has 17 aromatic rings. The Kier molecular flexibility index (Phi) is 48.1. The average molecular weight is 2830 g/mol. The van der Waals surface area contributed by atoms with Crippen LogP contribution in [0.4, 0.5) is 11.4 Å². The molecule has 0 spiro atoms. The van der Waals surface area contributed by atoms with Gasteiger partial charge in [-0.25, -0.2) is 0 Å². The van der Waals surface area contributed by atoms with Crippen molar-refractivity contribution in [3.05, 3.63) is 427 Å². The molecule has 1 aliphatic carbocycles. The maximum atomic E-state index is 11.2. The molecule has 0 bridgehead atoms. The molecule has 146 heavy (non-hydrogen) atoms. The van der Waals surface area contributed by atoms with Crippen molar-refractivity contribution in [3.63, 3.8) is 0 Å². The second-order valence-corrected chi connectivity index (χ2v) is 38.0. The zero-order valence-corrected chi connectivity index (χ0v) is 96.7. The van der Waals surface area contributed by atoms with Crippen LogP contribution in [0.25, 0.3) is 111 Å². The molecule has 0 fully saturated rings. The van der Waals surface area contributed by atoms with Crippen LogP contribution in [0.1, 0.15) is 170 Å². The second kappa shape index (κ2) is 57.7. The first-order valence-electron chi connectivity index (χ1n) is 46.8. The van der Waals surface area contributed by atoms with Crippen molar-refractivity contribution in [1.29, 1.82) is 0 Å². The van der Waals surface area contributed by atoms with Gasteiger partial charge in [-0.3, -0.25) is 44.1 Å². The van der Waals surface area contributed by atoms with Gasteiger partial charge in [-0.1, -0.05) is 259 Å². The molecular formula is C125H121Ir4N7O9Pt-4. The van der Waals surface area contributed by atoms with Crippen molar-refractivity contribution in [3.8, 4) is 78.9 Å². The van der Waals surface area contributed by atoms with E-state index in [0.29, 0.717) is 41.8 Å². The molecule has 0 saturated carbocycles. The normalized spacial score (nSPS) is 11.7. The number of aliphatic hydroxyl groups is 3. The number of aromatic nitrogens is 5. The molecule has 0 saturated heterocycles. The SMILES string of the molecule is CC(=O)C1=C(O)CCCC1=O.CC(=O)C=C(C)O.CC(=O)C=C(C)O.CC(C)(C)c1cc(C=Nc2ccccc2N=Cc2cc(C(C)(C)C)cc(C(C)(C)C)c2O)c(O)c(C(C)(C)C)c1.[Ir].[Ir].[Ir].[Ir].[Pt].[c-]1ccc(-c2ccccc2)cc1-c1ccccn1.[c-]1ccccc1-c1nc2ccccc2c2ccccc12.[c-]1ccccc1-c1nc2ccccc2nc1-c1ccccc1.[c-]1ccccc1-c1nccc2ccccc12. The number of Topliss-reactive ketones (excluding diaryl/α,β-unsaturated/α-hetero) is 2. The van der Waals surface area contributed by atoms with E-state index in [2.05, 4.69) is 227 Å². The van der Waals surface area contributed by atoms with Crippen molar-refractivity contribution in [2.75, 3.05) is 0 Å². The van der Waals surface area contributed by atoms with Crippen molar-refractivity contribution in [1.82, 2.24) is 24.9 Å². The van der Waals surface area contributed by atoms with Gasteiger partial charge in [0, 0.05) is 185 Å². The topological polar surface area (TPSA) is 259 Å². The van der Waals surface area contributed by atoms with Crippen molar-refractivity contribution < 1.29 is 146 Å². The van der Waals surface area contributed by atoms with Crippen LogP contribution in [0.2, 0.25) is 0 Å². The van der Waals surface area contributed by atoms with Crippen LogP contribution < -0.4 is 0 Å². The number of rotatable bonds is 13. The molecule has 0 unspecified atom stereocenters. The Labute approximate surface area is 927 Å². The van der Waals surface area contributed by atoms with E-state index in [0.717, 1.165) is 95.1 Å². The number of hydrogen-bond donors (Lipinski definition) is 5. The fourth-order valence-corrected chi connectivity index (χ4v) is 15.3. The molecule has 1 aliphatic rings. The van der Waals surface area contributed by atoms with Gasteiger partial charge in [0.15, 0.2) is 23.1 Å². The van der Waals surface area contributed by atoms with E-state index in [1.54, 1.807) is 18.6 Å². The number of aromatic hydroxyl groups is 2. The maximum absolute atomic E-state index is 11.2. The number of para-hydroxylation sites is 5. The Morgan fingerprint density at radius 3 is 1.21 bits per heavy atom. The molecular weight excluding hydrogens is 2710 g/mol. The monoisotopic (exact) mass is 2830 g/mol. The van der Waals surface area contributed by atoms with Crippen LogP contribution in [-0.4, -0.2) is 86.0 Å². The van der Waals surface area contributed by atoms with Crippen LogP contribution in [-0.2, 0) is 142 Å². The summed E-state index contributed by atoms with van der Waals surface area (Å²) >= 11 is 0. The van der Waals surface area contributed by atoms with E-state index in [1.165, 1.54) is 84.8 Å². The Morgan fingerprint density at radius 1 is 0.356 bits per heavy atom. The molecule has 4 heterocycles. The summed E-state index contributed by atoms with van der Waals surface area (Å²) < 4.78 is 0. The third-order valence-corrected chi connectivity index (χ3v) is 22.4. The molecule has 4 radical (unpaired) electrons. The van der Waals surface area contributed by atoms with Crippen molar-refractivity contribution >= 4 is 90.4 Å². The molecule has 5 N–H and O–H groups in total. The summed E-state index contributed by atoms with van der Waals surface area (Å²) in [5.74, 6) is -0.199. The van der Waals surface area contributed by atoms with E-state index in [-0.39, 0.29) is 181 Å². The zero-order chi connectivity index (χ0) is 102. The van der Waals surface area contributed by atoms with Crippen LogP contribution in [0.3, 0.4) is 0 Å². The first kappa shape index (κ1) is 122. The number of aliphatic imine (C=N–C) groups is 2. The van der Waals surface area contributed by atoms with Gasteiger partial charge in [0.1, 0.15) is 17.3 Å². The van der Waals surface area contributed by atoms with Gasteiger partial charge in [0.25, 0.3) is 0 Å². The Morgan fingerprint density at radius 2 is 0.767 bits per heavy atom. The second-order valence-electron chi connectivity index (χ2n) is 38.0. The number of pyridine rings is 3. The first-order chi connectivity index (χ1) is 67.3. The Hall–Kier alpha value is -13.0. The number of carbonyl (C=O) groups is 4. The minimum Gasteiger partial charge on any atom is -0.512 e. The van der Waals surface area contributed by atoms with Crippen LogP contribution in [0.5, 0.6) is 11.5 Å². The van der Waals surface area contributed by atoms with Crippen LogP contribution in [0.15, 0.2) is 379 Å². The molecule has 0 amide bonds. The summed E-state index contributed by atoms with van der Waals surface area (Å²) in [7, 11) is 0. The van der Waals surface area contributed by atoms with E-state index in [1.807, 2.05) is 219 Å². The molecule has 760 valence electrons. The Bertz CT molecular complexity index is 7090. The number of allylic oxidation sites excluding steroid dienone is 6. The molecule has 4 aromatic heterocycles. The standard InChI is InChI=1S/C36H48N2O2.C20H13N2.C19H12N.C17H12N.C15H10N.C8H10O3.2C5H8O2.4Ir.Pt/c1-33(2,3)25-17-23(31(39)27(19-25)35(7,8)9)21-37-29-15-13-14-16-30(29)38-22-24-18-26(34(4,5)6)20-28(32(24)40)36(10,11)12;1-3-9-15(10-4-1)19-20(16-11-5-2-6-12-16)22-18-14-8-7-13-17(18)21-19;1-2-8-14(9-3-1)19-17-12-5-4-10-15(17)16-11-6-7-13-18(16)20-19;1-2-7-14(8-3-1)15-9-6-10-16(13-15)17-11-4-5-12-18-17;1-2-7-13(8-3-1)15-14-9-5-4-6-12(14)10-11-16-15;1-5(9)8-6(10)3-2-4-7(8)11;2*1-4(6)3-5(2)7;;;;;/h13-22,39-40H,1-12H3;1-11,13-14H;1-8,10-13H;1-9,11-13H;1-7,9-11H;10H,2-4H2,1H3;2*3,6H,1-2H3;;;;;/q;4*-1;;;;;;;;.